The maximum Gasteiger partial charge on any atom is 0.143 e. The van der Waals surface area contributed by atoms with E-state index in [0.29, 0.717) is 5.69 Å². The van der Waals surface area contributed by atoms with Gasteiger partial charge in [-0.05, 0) is 25.5 Å². The quantitative estimate of drug-likeness (QED) is 0.480. The standard InChI is InChI=1S/C9H14N2O.ClH/c1-5-3-4-7(11)9(12)8(5)6(2)10;/h3-4,6,12H,10-11H2,1-2H3;1H/t6-;/m1./s1. The number of phenols is 1. The normalized spacial score (nSPS) is 11.9. The van der Waals surface area contributed by atoms with Gasteiger partial charge < -0.3 is 16.6 Å². The van der Waals surface area contributed by atoms with Crippen molar-refractivity contribution in [1.29, 1.82) is 0 Å². The summed E-state index contributed by atoms with van der Waals surface area (Å²) in [6.07, 6.45) is 0. The van der Waals surface area contributed by atoms with Crippen molar-refractivity contribution in [3.05, 3.63) is 23.3 Å². The highest BCUT2D eigenvalue weighted by atomic mass is 35.5. The van der Waals surface area contributed by atoms with Gasteiger partial charge in [0, 0.05) is 11.6 Å². The molecular weight excluding hydrogens is 188 g/mol. The SMILES string of the molecule is Cc1ccc(N)c(O)c1[C@@H](C)N.Cl. The van der Waals surface area contributed by atoms with Crippen molar-refractivity contribution < 1.29 is 5.11 Å². The summed E-state index contributed by atoms with van der Waals surface area (Å²) in [5.74, 6) is 0.116. The number of halogens is 1. The van der Waals surface area contributed by atoms with E-state index in [1.807, 2.05) is 19.9 Å². The van der Waals surface area contributed by atoms with Crippen LogP contribution in [-0.4, -0.2) is 5.11 Å². The number of aromatic hydroxyl groups is 1. The zero-order chi connectivity index (χ0) is 9.30. The van der Waals surface area contributed by atoms with Crippen LogP contribution in [0, 0.1) is 6.92 Å². The summed E-state index contributed by atoms with van der Waals surface area (Å²) in [5, 5.41) is 9.54. The minimum absolute atomic E-state index is 0. The summed E-state index contributed by atoms with van der Waals surface area (Å²) >= 11 is 0. The maximum atomic E-state index is 9.54. The van der Waals surface area contributed by atoms with E-state index in [0.717, 1.165) is 11.1 Å². The molecule has 0 aliphatic carbocycles. The van der Waals surface area contributed by atoms with Crippen LogP contribution in [0.25, 0.3) is 0 Å². The average molecular weight is 203 g/mol. The lowest BCUT2D eigenvalue weighted by Gasteiger charge is -2.13. The van der Waals surface area contributed by atoms with E-state index in [-0.39, 0.29) is 24.2 Å². The van der Waals surface area contributed by atoms with E-state index in [4.69, 9.17) is 11.5 Å². The number of benzene rings is 1. The molecule has 5 N–H and O–H groups in total. The minimum atomic E-state index is -0.187. The maximum absolute atomic E-state index is 9.54. The van der Waals surface area contributed by atoms with Crippen LogP contribution < -0.4 is 11.5 Å². The van der Waals surface area contributed by atoms with Crippen molar-refractivity contribution >= 4 is 18.1 Å². The number of hydrogen-bond acceptors (Lipinski definition) is 3. The van der Waals surface area contributed by atoms with Crippen molar-refractivity contribution in [2.45, 2.75) is 19.9 Å². The van der Waals surface area contributed by atoms with E-state index in [2.05, 4.69) is 0 Å². The van der Waals surface area contributed by atoms with Crippen LogP contribution in [0.4, 0.5) is 5.69 Å². The molecule has 74 valence electrons. The molecule has 0 saturated heterocycles. The predicted molar refractivity (Wildman–Crippen MR) is 57.1 cm³/mol. The van der Waals surface area contributed by atoms with Crippen LogP contribution in [0.3, 0.4) is 0 Å². The van der Waals surface area contributed by atoms with Crippen LogP contribution in [0.15, 0.2) is 12.1 Å². The Balaban J connectivity index is 0.00000144. The van der Waals surface area contributed by atoms with Gasteiger partial charge in [-0.3, -0.25) is 0 Å². The van der Waals surface area contributed by atoms with Gasteiger partial charge in [0.15, 0.2) is 0 Å². The zero-order valence-corrected chi connectivity index (χ0v) is 8.56. The van der Waals surface area contributed by atoms with Gasteiger partial charge in [0.05, 0.1) is 5.69 Å². The van der Waals surface area contributed by atoms with E-state index in [1.165, 1.54) is 0 Å². The molecule has 13 heavy (non-hydrogen) atoms. The number of anilines is 1. The summed E-state index contributed by atoms with van der Waals surface area (Å²) in [7, 11) is 0. The van der Waals surface area contributed by atoms with Gasteiger partial charge >= 0.3 is 0 Å². The molecule has 0 amide bonds. The number of hydrogen-bond donors (Lipinski definition) is 3. The third-order valence-electron chi connectivity index (χ3n) is 1.92. The topological polar surface area (TPSA) is 72.3 Å². The van der Waals surface area contributed by atoms with Gasteiger partial charge in [-0.2, -0.15) is 0 Å². The first kappa shape index (κ1) is 12.1. The van der Waals surface area contributed by atoms with Crippen LogP contribution >= 0.6 is 12.4 Å². The second kappa shape index (κ2) is 4.35. The van der Waals surface area contributed by atoms with Gasteiger partial charge in [-0.25, -0.2) is 0 Å². The molecule has 1 rings (SSSR count). The predicted octanol–water partition coefficient (Wildman–Crippen LogP) is 1.72. The molecule has 0 bridgehead atoms. The van der Waals surface area contributed by atoms with E-state index in [9.17, 15) is 5.11 Å². The Morgan fingerprint density at radius 3 is 2.31 bits per heavy atom. The average Bonchev–Trinajstić information content (AvgIpc) is 1.97. The first-order chi connectivity index (χ1) is 5.54. The molecule has 0 aliphatic heterocycles. The molecule has 0 heterocycles. The Bertz CT molecular complexity index is 300. The highest BCUT2D eigenvalue weighted by Gasteiger charge is 2.11. The van der Waals surface area contributed by atoms with Gasteiger partial charge in [0.1, 0.15) is 5.75 Å². The molecule has 1 aromatic carbocycles. The van der Waals surface area contributed by atoms with Crippen molar-refractivity contribution in [3.8, 4) is 5.75 Å². The van der Waals surface area contributed by atoms with Gasteiger partial charge in [-0.1, -0.05) is 6.07 Å². The summed E-state index contributed by atoms with van der Waals surface area (Å²) < 4.78 is 0. The second-order valence-corrected chi connectivity index (χ2v) is 3.02. The summed E-state index contributed by atoms with van der Waals surface area (Å²) in [6.45, 7) is 3.72. The number of nitrogens with two attached hydrogens (primary N) is 2. The Morgan fingerprint density at radius 2 is 1.92 bits per heavy atom. The molecule has 0 saturated carbocycles. The molecule has 0 aromatic heterocycles. The molecule has 0 unspecified atom stereocenters. The number of phenolic OH excluding ortho intramolecular Hbond substituents is 1. The van der Waals surface area contributed by atoms with Crippen molar-refractivity contribution in [2.75, 3.05) is 5.73 Å². The first-order valence-electron chi connectivity index (χ1n) is 3.87. The van der Waals surface area contributed by atoms with Crippen LogP contribution in [0.1, 0.15) is 24.1 Å². The Kier molecular flexibility index (Phi) is 4.04. The van der Waals surface area contributed by atoms with Gasteiger partial charge in [0.25, 0.3) is 0 Å². The lowest BCUT2D eigenvalue weighted by molar-refractivity contribution is 0.465. The smallest absolute Gasteiger partial charge is 0.143 e. The number of rotatable bonds is 1. The van der Waals surface area contributed by atoms with Gasteiger partial charge in [0.2, 0.25) is 0 Å². The fraction of sp³-hybridized carbons (Fsp3) is 0.333. The van der Waals surface area contributed by atoms with E-state index in [1.54, 1.807) is 6.07 Å². The fourth-order valence-electron chi connectivity index (χ4n) is 1.30. The Morgan fingerprint density at radius 1 is 1.38 bits per heavy atom. The molecule has 0 spiro atoms. The highest BCUT2D eigenvalue weighted by molar-refractivity contribution is 5.85. The third kappa shape index (κ3) is 2.26. The Labute approximate surface area is 84.2 Å². The van der Waals surface area contributed by atoms with Gasteiger partial charge in [-0.15, -0.1) is 12.4 Å². The molecule has 0 radical (unpaired) electrons. The van der Waals surface area contributed by atoms with Crippen molar-refractivity contribution in [1.82, 2.24) is 0 Å². The summed E-state index contributed by atoms with van der Waals surface area (Å²) in [4.78, 5) is 0. The van der Waals surface area contributed by atoms with E-state index < -0.39 is 0 Å². The van der Waals surface area contributed by atoms with Crippen molar-refractivity contribution in [2.24, 2.45) is 5.73 Å². The summed E-state index contributed by atoms with van der Waals surface area (Å²) in [6, 6.07) is 3.35. The lowest BCUT2D eigenvalue weighted by atomic mass is 10.0. The third-order valence-corrected chi connectivity index (χ3v) is 1.92. The number of aryl methyl sites for hydroxylation is 1. The van der Waals surface area contributed by atoms with Crippen LogP contribution in [0.5, 0.6) is 5.75 Å². The summed E-state index contributed by atoms with van der Waals surface area (Å²) in [5.41, 5.74) is 13.3. The lowest BCUT2D eigenvalue weighted by Crippen LogP contribution is -2.08. The Hall–Kier alpha value is -0.930. The monoisotopic (exact) mass is 202 g/mol. The zero-order valence-electron chi connectivity index (χ0n) is 7.74. The molecule has 0 aliphatic rings. The fourth-order valence-corrected chi connectivity index (χ4v) is 1.30. The van der Waals surface area contributed by atoms with Crippen molar-refractivity contribution in [3.63, 3.8) is 0 Å². The molecule has 4 heteroatoms. The highest BCUT2D eigenvalue weighted by Crippen LogP contribution is 2.31. The largest absolute Gasteiger partial charge is 0.505 e. The van der Waals surface area contributed by atoms with E-state index >= 15 is 0 Å². The second-order valence-electron chi connectivity index (χ2n) is 3.02. The van der Waals surface area contributed by atoms with Crippen LogP contribution in [0.2, 0.25) is 0 Å². The molecular formula is C9H15ClN2O. The number of nitrogen functional groups attached to an aromatic ring is 1. The molecule has 1 aromatic rings. The minimum Gasteiger partial charge on any atom is -0.505 e. The molecule has 3 nitrogen and oxygen atoms in total. The van der Waals surface area contributed by atoms with Crippen LogP contribution in [-0.2, 0) is 0 Å². The molecule has 0 fully saturated rings. The molecule has 1 atom stereocenters. The first-order valence-corrected chi connectivity index (χ1v) is 3.87.